The van der Waals surface area contributed by atoms with E-state index in [9.17, 15) is 9.90 Å². The summed E-state index contributed by atoms with van der Waals surface area (Å²) < 4.78 is 0. The maximum atomic E-state index is 13.3. The Morgan fingerprint density at radius 1 is 0.733 bits per heavy atom. The van der Waals surface area contributed by atoms with Crippen LogP contribution in [0.15, 0.2) is 60.7 Å². The number of aromatic hydroxyl groups is 1. The van der Waals surface area contributed by atoms with Crippen LogP contribution in [0.3, 0.4) is 0 Å². The van der Waals surface area contributed by atoms with Gasteiger partial charge in [0.05, 0.1) is 5.69 Å². The first-order valence-corrected chi connectivity index (χ1v) is 16.1. The van der Waals surface area contributed by atoms with Crippen molar-refractivity contribution >= 4 is 40.8 Å². The van der Waals surface area contributed by atoms with Crippen molar-refractivity contribution in [1.82, 2.24) is 15.0 Å². The summed E-state index contributed by atoms with van der Waals surface area (Å²) in [5.41, 5.74) is 6.17. The van der Waals surface area contributed by atoms with Crippen LogP contribution in [0.2, 0.25) is 0 Å². The molecule has 2 fully saturated rings. The van der Waals surface area contributed by atoms with E-state index in [-0.39, 0.29) is 11.7 Å². The summed E-state index contributed by atoms with van der Waals surface area (Å²) in [4.78, 5) is 34.4. The van der Waals surface area contributed by atoms with E-state index in [4.69, 9.17) is 15.0 Å². The minimum atomic E-state index is -0.269. The number of piperidine rings is 2. The fraction of sp³-hybridized carbons (Fsp3) is 0.371. The molecule has 2 saturated heterocycles. The zero-order chi connectivity index (χ0) is 30.8. The Bertz CT molecular complexity index is 1640. The molecule has 4 heterocycles. The second-order valence-electron chi connectivity index (χ2n) is 12.3. The van der Waals surface area contributed by atoms with E-state index < -0.39 is 0 Å². The molecule has 3 N–H and O–H groups in total. The number of aryl methyl sites for hydroxylation is 1. The SMILES string of the molecule is Cc1cc(N2Cc3ccccc3C2)ccc1C(=O)Nc1ccc(Nc2nc(N3CCCCC3)nc(N3CCCCC3)n2)cc1O. The van der Waals surface area contributed by atoms with Crippen molar-refractivity contribution in [3.05, 3.63) is 82.9 Å². The Kier molecular flexibility index (Phi) is 8.11. The Morgan fingerprint density at radius 3 is 1.93 bits per heavy atom. The second kappa shape index (κ2) is 12.6. The molecule has 0 bridgehead atoms. The number of nitrogens with one attached hydrogen (secondary N) is 2. The van der Waals surface area contributed by atoms with Crippen molar-refractivity contribution < 1.29 is 9.90 Å². The first kappa shape index (κ1) is 28.9. The molecule has 3 aliphatic rings. The van der Waals surface area contributed by atoms with Crippen molar-refractivity contribution in [1.29, 1.82) is 0 Å². The molecule has 7 rings (SSSR count). The molecule has 0 atom stereocenters. The monoisotopic (exact) mass is 604 g/mol. The van der Waals surface area contributed by atoms with Crippen LogP contribution in [-0.2, 0) is 13.1 Å². The number of carbonyl (C=O) groups excluding carboxylic acids is 1. The molecule has 1 amide bonds. The van der Waals surface area contributed by atoms with Gasteiger partial charge >= 0.3 is 0 Å². The van der Waals surface area contributed by atoms with Crippen LogP contribution in [0.1, 0.15) is 65.6 Å². The smallest absolute Gasteiger partial charge is 0.256 e. The van der Waals surface area contributed by atoms with Gasteiger partial charge in [-0.2, -0.15) is 15.0 Å². The minimum absolute atomic E-state index is 0.0426. The second-order valence-corrected chi connectivity index (χ2v) is 12.3. The number of hydrogen-bond donors (Lipinski definition) is 3. The number of amides is 1. The number of nitrogens with zero attached hydrogens (tertiary/aromatic N) is 6. The highest BCUT2D eigenvalue weighted by Crippen LogP contribution is 2.32. The maximum Gasteiger partial charge on any atom is 0.256 e. The van der Waals surface area contributed by atoms with E-state index in [1.807, 2.05) is 19.1 Å². The van der Waals surface area contributed by atoms with Gasteiger partial charge < -0.3 is 30.4 Å². The van der Waals surface area contributed by atoms with Gasteiger partial charge in [-0.25, -0.2) is 0 Å². The Hall–Kier alpha value is -4.86. The van der Waals surface area contributed by atoms with Gasteiger partial charge in [0.15, 0.2) is 0 Å². The molecule has 4 aromatic rings. The Balaban J connectivity index is 1.05. The predicted octanol–water partition coefficient (Wildman–Crippen LogP) is 6.38. The lowest BCUT2D eigenvalue weighted by Gasteiger charge is -2.30. The molecule has 0 unspecified atom stereocenters. The van der Waals surface area contributed by atoms with Gasteiger partial charge in [0.2, 0.25) is 17.8 Å². The largest absolute Gasteiger partial charge is 0.506 e. The van der Waals surface area contributed by atoms with Crippen molar-refractivity contribution in [3.8, 4) is 5.75 Å². The van der Waals surface area contributed by atoms with Gasteiger partial charge in [0.1, 0.15) is 5.75 Å². The van der Waals surface area contributed by atoms with Crippen LogP contribution in [0.5, 0.6) is 5.75 Å². The summed E-state index contributed by atoms with van der Waals surface area (Å²) >= 11 is 0. The van der Waals surface area contributed by atoms with Crippen LogP contribution in [-0.4, -0.2) is 52.1 Å². The number of benzene rings is 3. The average Bonchev–Trinajstić information content (AvgIpc) is 3.51. The number of rotatable bonds is 7. The molecule has 232 valence electrons. The van der Waals surface area contributed by atoms with Crippen molar-refractivity contribution in [3.63, 3.8) is 0 Å². The molecule has 3 aromatic carbocycles. The van der Waals surface area contributed by atoms with Crippen molar-refractivity contribution in [2.45, 2.75) is 58.5 Å². The van der Waals surface area contributed by atoms with E-state index in [1.54, 1.807) is 18.2 Å². The van der Waals surface area contributed by atoms with E-state index in [1.165, 1.54) is 24.0 Å². The molecular formula is C35H40N8O2. The lowest BCUT2D eigenvalue weighted by molar-refractivity contribution is 0.102. The fourth-order valence-corrected chi connectivity index (χ4v) is 6.53. The van der Waals surface area contributed by atoms with Crippen LogP contribution in [0, 0.1) is 6.92 Å². The lowest BCUT2D eigenvalue weighted by atomic mass is 10.1. The summed E-state index contributed by atoms with van der Waals surface area (Å²) in [5.74, 6) is 1.51. The summed E-state index contributed by atoms with van der Waals surface area (Å²) in [6.45, 7) is 7.41. The third kappa shape index (κ3) is 6.36. The van der Waals surface area contributed by atoms with Crippen LogP contribution < -0.4 is 25.3 Å². The quantitative estimate of drug-likeness (QED) is 0.207. The average molecular weight is 605 g/mol. The molecule has 10 heteroatoms. The van der Waals surface area contributed by atoms with Crippen molar-refractivity contribution in [2.24, 2.45) is 0 Å². The Labute approximate surface area is 264 Å². The van der Waals surface area contributed by atoms with E-state index >= 15 is 0 Å². The normalized spacial score (nSPS) is 16.4. The van der Waals surface area contributed by atoms with Gasteiger partial charge in [-0.1, -0.05) is 24.3 Å². The summed E-state index contributed by atoms with van der Waals surface area (Å²) in [6, 6.07) is 19.5. The maximum absolute atomic E-state index is 13.3. The molecule has 0 spiro atoms. The van der Waals surface area contributed by atoms with Gasteiger partial charge in [0, 0.05) is 62.3 Å². The van der Waals surface area contributed by atoms with Gasteiger partial charge in [-0.3, -0.25) is 4.79 Å². The third-order valence-corrected chi connectivity index (χ3v) is 9.05. The third-order valence-electron chi connectivity index (χ3n) is 9.05. The molecule has 0 aliphatic carbocycles. The first-order valence-electron chi connectivity index (χ1n) is 16.1. The highest BCUT2D eigenvalue weighted by atomic mass is 16.3. The standard InChI is InChI=1S/C35H40N8O2/c1-24-20-28(43-22-25-10-4-5-11-26(25)23-43)13-14-29(24)32(45)37-30-15-12-27(21-31(30)44)36-33-38-34(41-16-6-2-7-17-41)40-35(39-33)42-18-8-3-9-19-42/h4-5,10-15,20-21,44H,2-3,6-9,16-19,22-23H2,1H3,(H,37,45)(H,36,38,39,40). The number of phenolic OH excluding ortho intramolecular Hbond substituents is 1. The molecule has 0 saturated carbocycles. The van der Waals surface area contributed by atoms with Gasteiger partial charge in [0.25, 0.3) is 5.91 Å². The van der Waals surface area contributed by atoms with Crippen LogP contribution >= 0.6 is 0 Å². The predicted molar refractivity (Wildman–Crippen MR) is 179 cm³/mol. The van der Waals surface area contributed by atoms with Crippen LogP contribution in [0.25, 0.3) is 0 Å². The number of fused-ring (bicyclic) bond motifs is 1. The van der Waals surface area contributed by atoms with E-state index in [2.05, 4.69) is 55.7 Å². The van der Waals surface area contributed by atoms with Crippen molar-refractivity contribution in [2.75, 3.05) is 51.5 Å². The fourth-order valence-electron chi connectivity index (χ4n) is 6.53. The Morgan fingerprint density at radius 2 is 1.36 bits per heavy atom. The lowest BCUT2D eigenvalue weighted by Crippen LogP contribution is -2.34. The minimum Gasteiger partial charge on any atom is -0.506 e. The number of phenols is 1. The number of carbonyl (C=O) groups is 1. The summed E-state index contributed by atoms with van der Waals surface area (Å²) in [7, 11) is 0. The van der Waals surface area contributed by atoms with E-state index in [0.717, 1.165) is 76.2 Å². The molecule has 10 nitrogen and oxygen atoms in total. The molecular weight excluding hydrogens is 564 g/mol. The topological polar surface area (TPSA) is 110 Å². The van der Waals surface area contributed by atoms with Gasteiger partial charge in [-0.15, -0.1) is 0 Å². The zero-order valence-corrected chi connectivity index (χ0v) is 25.8. The molecule has 45 heavy (non-hydrogen) atoms. The first-order chi connectivity index (χ1) is 22.0. The van der Waals surface area contributed by atoms with E-state index in [0.29, 0.717) is 34.8 Å². The molecule has 1 aromatic heterocycles. The van der Waals surface area contributed by atoms with Crippen LogP contribution in [0.4, 0.5) is 34.9 Å². The number of aromatic nitrogens is 3. The highest BCUT2D eigenvalue weighted by Gasteiger charge is 2.22. The summed E-state index contributed by atoms with van der Waals surface area (Å²) in [6.07, 6.45) is 6.98. The molecule has 0 radical (unpaired) electrons. The highest BCUT2D eigenvalue weighted by molar-refractivity contribution is 6.06. The molecule has 3 aliphatic heterocycles. The number of hydrogen-bond acceptors (Lipinski definition) is 9. The summed E-state index contributed by atoms with van der Waals surface area (Å²) in [5, 5.41) is 17.0. The number of anilines is 6. The zero-order valence-electron chi connectivity index (χ0n) is 25.8. The van der Waals surface area contributed by atoms with Gasteiger partial charge in [-0.05, 0) is 92.5 Å².